The highest BCUT2D eigenvalue weighted by atomic mass is 127. The Balaban J connectivity index is 1.56. The first-order valence-corrected chi connectivity index (χ1v) is 13.8. The van der Waals surface area contributed by atoms with Crippen LogP contribution in [0.15, 0.2) is 70.0 Å². The number of ether oxygens (including phenoxy) is 3. The molecule has 1 fully saturated rings. The molecule has 3 aromatic carbocycles. The standard InChI is InChI=1S/C27H21BrINO6S/c1-3-35-22-13-17(12-21(28)24(22)36-26(32)18-6-10-20(34-2)11-7-18)14-23-25(31)30(27(33)37-23)15-16-4-8-19(29)9-5-16/h4-14H,3,15H2,1-2H3/b23-14-. The summed E-state index contributed by atoms with van der Waals surface area (Å²) in [6.45, 7) is 2.34. The number of halogens is 2. The first kappa shape index (κ1) is 27.2. The molecule has 7 nitrogen and oxygen atoms in total. The molecule has 37 heavy (non-hydrogen) atoms. The second kappa shape index (κ2) is 12.1. The van der Waals surface area contributed by atoms with Gasteiger partial charge in [0.15, 0.2) is 11.5 Å². The summed E-state index contributed by atoms with van der Waals surface area (Å²) in [5.74, 6) is 0.237. The minimum Gasteiger partial charge on any atom is -0.497 e. The number of nitrogens with zero attached hydrogens (tertiary/aromatic N) is 1. The second-order valence-electron chi connectivity index (χ2n) is 7.78. The number of esters is 1. The van der Waals surface area contributed by atoms with Gasteiger partial charge in [-0.3, -0.25) is 14.5 Å². The molecule has 0 bridgehead atoms. The Morgan fingerprint density at radius 3 is 2.43 bits per heavy atom. The van der Waals surface area contributed by atoms with Gasteiger partial charge >= 0.3 is 5.97 Å². The third kappa shape index (κ3) is 6.55. The van der Waals surface area contributed by atoms with Gasteiger partial charge in [-0.05, 0) is 123 Å². The topological polar surface area (TPSA) is 82.1 Å². The predicted octanol–water partition coefficient (Wildman–Crippen LogP) is 6.92. The van der Waals surface area contributed by atoms with Crippen molar-refractivity contribution in [1.29, 1.82) is 0 Å². The van der Waals surface area contributed by atoms with Crippen molar-refractivity contribution in [3.63, 3.8) is 0 Å². The van der Waals surface area contributed by atoms with Crippen LogP contribution >= 0.6 is 50.3 Å². The lowest BCUT2D eigenvalue weighted by Gasteiger charge is -2.14. The lowest BCUT2D eigenvalue weighted by molar-refractivity contribution is -0.123. The zero-order valence-electron chi connectivity index (χ0n) is 19.8. The van der Waals surface area contributed by atoms with Gasteiger partial charge in [0.05, 0.1) is 35.2 Å². The van der Waals surface area contributed by atoms with E-state index in [1.165, 1.54) is 4.90 Å². The number of hydrogen-bond acceptors (Lipinski definition) is 7. The zero-order chi connectivity index (χ0) is 26.5. The van der Waals surface area contributed by atoms with E-state index in [0.29, 0.717) is 38.6 Å². The van der Waals surface area contributed by atoms with Crippen LogP contribution in [0.2, 0.25) is 0 Å². The van der Waals surface area contributed by atoms with Crippen molar-refractivity contribution in [1.82, 2.24) is 4.90 Å². The van der Waals surface area contributed by atoms with Crippen LogP contribution in [-0.2, 0) is 11.3 Å². The molecule has 3 aromatic rings. The molecule has 0 unspecified atom stereocenters. The molecule has 0 spiro atoms. The monoisotopic (exact) mass is 693 g/mol. The largest absolute Gasteiger partial charge is 0.497 e. The van der Waals surface area contributed by atoms with Crippen LogP contribution < -0.4 is 14.2 Å². The van der Waals surface area contributed by atoms with Gasteiger partial charge < -0.3 is 14.2 Å². The Morgan fingerprint density at radius 2 is 1.78 bits per heavy atom. The third-order valence-electron chi connectivity index (χ3n) is 5.28. The lowest BCUT2D eigenvalue weighted by atomic mass is 10.1. The van der Waals surface area contributed by atoms with E-state index in [0.717, 1.165) is 20.9 Å². The van der Waals surface area contributed by atoms with E-state index in [-0.39, 0.29) is 23.4 Å². The quantitative estimate of drug-likeness (QED) is 0.110. The van der Waals surface area contributed by atoms with E-state index in [2.05, 4.69) is 38.5 Å². The normalized spacial score (nSPS) is 14.3. The maximum Gasteiger partial charge on any atom is 0.343 e. The molecule has 0 aromatic heterocycles. The molecule has 0 radical (unpaired) electrons. The van der Waals surface area contributed by atoms with E-state index >= 15 is 0 Å². The summed E-state index contributed by atoms with van der Waals surface area (Å²) >= 11 is 6.54. The third-order valence-corrected chi connectivity index (χ3v) is 7.49. The van der Waals surface area contributed by atoms with E-state index in [4.69, 9.17) is 14.2 Å². The van der Waals surface area contributed by atoms with Crippen LogP contribution in [0.25, 0.3) is 6.08 Å². The number of carbonyl (C=O) groups is 3. The summed E-state index contributed by atoms with van der Waals surface area (Å²) in [5, 5.41) is -0.330. The van der Waals surface area contributed by atoms with Crippen LogP contribution in [0.3, 0.4) is 0 Å². The van der Waals surface area contributed by atoms with Crippen molar-refractivity contribution in [3.05, 3.63) is 90.3 Å². The zero-order valence-corrected chi connectivity index (χ0v) is 24.4. The van der Waals surface area contributed by atoms with Crippen LogP contribution in [-0.4, -0.2) is 35.7 Å². The fourth-order valence-corrected chi connectivity index (χ4v) is 5.21. The fourth-order valence-electron chi connectivity index (χ4n) is 3.47. The molecule has 0 atom stereocenters. The summed E-state index contributed by atoms with van der Waals surface area (Å²) in [6, 6.07) is 17.6. The molecule has 2 amide bonds. The van der Waals surface area contributed by atoms with Crippen LogP contribution in [0.4, 0.5) is 4.79 Å². The Hall–Kier alpha value is -2.83. The summed E-state index contributed by atoms with van der Waals surface area (Å²) in [4.78, 5) is 39.8. The van der Waals surface area contributed by atoms with Crippen LogP contribution in [0.1, 0.15) is 28.4 Å². The van der Waals surface area contributed by atoms with Crippen LogP contribution in [0, 0.1) is 3.57 Å². The number of carbonyl (C=O) groups excluding carboxylic acids is 3. The minimum absolute atomic E-state index is 0.201. The van der Waals surface area contributed by atoms with Crippen molar-refractivity contribution in [2.24, 2.45) is 0 Å². The molecule has 1 saturated heterocycles. The van der Waals surface area contributed by atoms with E-state index in [1.54, 1.807) is 49.6 Å². The predicted molar refractivity (Wildman–Crippen MR) is 154 cm³/mol. The van der Waals surface area contributed by atoms with Gasteiger partial charge in [0.2, 0.25) is 0 Å². The molecule has 4 rings (SSSR count). The molecular weight excluding hydrogens is 673 g/mol. The lowest BCUT2D eigenvalue weighted by Crippen LogP contribution is -2.27. The van der Waals surface area contributed by atoms with Gasteiger partial charge in [-0.1, -0.05) is 12.1 Å². The maximum atomic E-state index is 13.0. The summed E-state index contributed by atoms with van der Waals surface area (Å²) in [5.41, 5.74) is 1.83. The number of thioether (sulfide) groups is 1. The Kier molecular flexibility index (Phi) is 8.93. The van der Waals surface area contributed by atoms with Gasteiger partial charge in [-0.15, -0.1) is 0 Å². The van der Waals surface area contributed by atoms with Crippen LogP contribution in [0.5, 0.6) is 17.2 Å². The molecule has 0 saturated carbocycles. The Bertz CT molecular complexity index is 1370. The molecule has 1 aliphatic heterocycles. The highest BCUT2D eigenvalue weighted by molar-refractivity contribution is 14.1. The van der Waals surface area contributed by atoms with Crippen molar-refractivity contribution in [2.45, 2.75) is 13.5 Å². The number of hydrogen-bond donors (Lipinski definition) is 0. The van der Waals surface area contributed by atoms with E-state index in [9.17, 15) is 14.4 Å². The van der Waals surface area contributed by atoms with Gasteiger partial charge in [0.25, 0.3) is 11.1 Å². The van der Waals surface area contributed by atoms with Gasteiger partial charge in [0.1, 0.15) is 5.75 Å². The molecule has 1 heterocycles. The van der Waals surface area contributed by atoms with Crippen molar-refractivity contribution < 1.29 is 28.6 Å². The molecule has 1 aliphatic rings. The summed E-state index contributed by atoms with van der Waals surface area (Å²) < 4.78 is 18.0. The van der Waals surface area contributed by atoms with E-state index in [1.807, 2.05) is 31.2 Å². The number of benzene rings is 3. The first-order chi connectivity index (χ1) is 17.8. The molecule has 0 aliphatic carbocycles. The van der Waals surface area contributed by atoms with Crippen molar-refractivity contribution in [3.8, 4) is 17.2 Å². The van der Waals surface area contributed by atoms with Gasteiger partial charge in [0, 0.05) is 3.57 Å². The first-order valence-electron chi connectivity index (χ1n) is 11.1. The average molecular weight is 694 g/mol. The number of imide groups is 1. The number of rotatable bonds is 8. The SMILES string of the molecule is CCOc1cc(/C=C2\SC(=O)N(Cc3ccc(I)cc3)C2=O)cc(Br)c1OC(=O)c1ccc(OC)cc1. The number of methoxy groups -OCH3 is 1. The molecule has 190 valence electrons. The highest BCUT2D eigenvalue weighted by Gasteiger charge is 2.35. The van der Waals surface area contributed by atoms with E-state index < -0.39 is 5.97 Å². The van der Waals surface area contributed by atoms with Crippen molar-refractivity contribution in [2.75, 3.05) is 13.7 Å². The fraction of sp³-hybridized carbons (Fsp3) is 0.148. The summed E-state index contributed by atoms with van der Waals surface area (Å²) in [7, 11) is 1.55. The number of amides is 2. The summed E-state index contributed by atoms with van der Waals surface area (Å²) in [6.07, 6.45) is 1.63. The molecule has 10 heteroatoms. The van der Waals surface area contributed by atoms with Crippen molar-refractivity contribution >= 4 is 73.5 Å². The molecular formula is C27H21BrINO6S. The average Bonchev–Trinajstić information content (AvgIpc) is 3.14. The smallest absolute Gasteiger partial charge is 0.343 e. The van der Waals surface area contributed by atoms with Gasteiger partial charge in [-0.2, -0.15) is 0 Å². The maximum absolute atomic E-state index is 13.0. The Morgan fingerprint density at radius 1 is 1.08 bits per heavy atom. The van der Waals surface area contributed by atoms with Gasteiger partial charge in [-0.25, -0.2) is 4.79 Å². The minimum atomic E-state index is -0.561. The Labute approximate surface area is 240 Å². The second-order valence-corrected chi connectivity index (χ2v) is 10.9. The highest BCUT2D eigenvalue weighted by Crippen LogP contribution is 2.40. The molecule has 0 N–H and O–H groups in total.